The zero-order valence-electron chi connectivity index (χ0n) is 7.64. The predicted octanol–water partition coefficient (Wildman–Crippen LogP) is 0.710. The molecule has 0 aliphatic heterocycles. The Bertz CT molecular complexity index is 540. The van der Waals surface area contributed by atoms with Gasteiger partial charge in [-0.2, -0.15) is 0 Å². The number of halogens is 1. The third kappa shape index (κ3) is 2.86. The molecule has 8 heteroatoms. The quantitative estimate of drug-likeness (QED) is 0.813. The molecule has 0 heterocycles. The summed E-state index contributed by atoms with van der Waals surface area (Å²) in [6.07, 6.45) is 0. The highest BCUT2D eigenvalue weighted by atomic mass is 127. The van der Waals surface area contributed by atoms with Gasteiger partial charge in [0.05, 0.1) is 10.7 Å². The maximum Gasteiger partial charge on any atom is 0.342 e. The van der Waals surface area contributed by atoms with Gasteiger partial charge >= 0.3 is 19.8 Å². The van der Waals surface area contributed by atoms with E-state index in [-0.39, 0.29) is 9.32 Å². The fraction of sp³-hybridized carbons (Fsp3) is 0.143. The zero-order chi connectivity index (χ0) is 11.6. The standard InChI is InChI=1S/C7H8INO5S/c1-14-5-2-3-6(8(10)11)7(4-5)15(9,12)13/h2-4H,1H3,(H2,9,12,13). The summed E-state index contributed by atoms with van der Waals surface area (Å²) in [7, 11) is -2.71. The average molecular weight is 345 g/mol. The Kier molecular flexibility index (Phi) is 3.62. The largest absolute Gasteiger partial charge is 0.497 e. The van der Waals surface area contributed by atoms with Crippen molar-refractivity contribution in [2.75, 3.05) is 7.11 Å². The van der Waals surface area contributed by atoms with Crippen LogP contribution in [-0.4, -0.2) is 15.5 Å². The first-order valence-corrected chi connectivity index (χ1v) is 8.01. The van der Waals surface area contributed by atoms with E-state index in [1.165, 1.54) is 19.2 Å². The minimum absolute atomic E-state index is 0.237. The molecule has 15 heavy (non-hydrogen) atoms. The number of sulfonamides is 1. The van der Waals surface area contributed by atoms with E-state index in [1.807, 2.05) is 0 Å². The highest BCUT2D eigenvalue weighted by Gasteiger charge is 2.18. The molecule has 0 radical (unpaired) electrons. The summed E-state index contributed by atoms with van der Waals surface area (Å²) >= 11 is -3.88. The molecule has 0 bridgehead atoms. The highest BCUT2D eigenvalue weighted by molar-refractivity contribution is 14.2. The Morgan fingerprint density at radius 2 is 1.93 bits per heavy atom. The van der Waals surface area contributed by atoms with Gasteiger partial charge in [0.25, 0.3) is 0 Å². The molecular formula is C7H8INO5S. The number of nitrogens with two attached hydrogens (primary N) is 1. The van der Waals surface area contributed by atoms with Crippen LogP contribution in [0.25, 0.3) is 0 Å². The van der Waals surface area contributed by atoms with Crippen molar-refractivity contribution in [3.8, 4) is 5.75 Å². The van der Waals surface area contributed by atoms with Crippen LogP contribution in [0.4, 0.5) is 0 Å². The topological polar surface area (TPSA) is 104 Å². The van der Waals surface area contributed by atoms with Crippen molar-refractivity contribution in [3.05, 3.63) is 21.8 Å². The number of primary sulfonamides is 1. The minimum Gasteiger partial charge on any atom is -0.497 e. The molecule has 1 aromatic carbocycles. The summed E-state index contributed by atoms with van der Waals surface area (Å²) in [5.41, 5.74) is 0. The Hall–Kier alpha value is -0.740. The molecule has 0 unspecified atom stereocenters. The van der Waals surface area contributed by atoms with Crippen molar-refractivity contribution >= 4 is 29.8 Å². The van der Waals surface area contributed by atoms with Crippen LogP contribution in [0.2, 0.25) is 0 Å². The lowest BCUT2D eigenvalue weighted by Crippen LogP contribution is -2.14. The Morgan fingerprint density at radius 1 is 1.33 bits per heavy atom. The summed E-state index contributed by atoms with van der Waals surface area (Å²) in [4.78, 5) is -0.419. The van der Waals surface area contributed by atoms with Crippen LogP contribution >= 0.6 is 19.8 Å². The lowest BCUT2D eigenvalue weighted by Gasteiger charge is -2.04. The van der Waals surface area contributed by atoms with E-state index in [0.29, 0.717) is 0 Å². The number of rotatable bonds is 3. The summed E-state index contributed by atoms with van der Waals surface area (Å²) in [6, 6.07) is 3.62. The maximum absolute atomic E-state index is 11.1. The van der Waals surface area contributed by atoms with Crippen LogP contribution < -0.4 is 9.88 Å². The monoisotopic (exact) mass is 345 g/mol. The first-order chi connectivity index (χ1) is 6.86. The Balaban J connectivity index is 3.57. The van der Waals surface area contributed by atoms with Gasteiger partial charge in [-0.1, -0.05) is 0 Å². The van der Waals surface area contributed by atoms with E-state index in [0.717, 1.165) is 6.07 Å². The first kappa shape index (κ1) is 12.3. The maximum atomic E-state index is 11.1. The van der Waals surface area contributed by atoms with Crippen LogP contribution in [0, 0.1) is 3.57 Å². The SMILES string of the molecule is COc1ccc(I(=O)=O)c(S(N)(=O)=O)c1. The Morgan fingerprint density at radius 3 is 2.33 bits per heavy atom. The van der Waals surface area contributed by atoms with E-state index in [2.05, 4.69) is 0 Å². The number of hydrogen-bond donors (Lipinski definition) is 1. The van der Waals surface area contributed by atoms with E-state index in [1.54, 1.807) is 0 Å². The molecule has 0 saturated heterocycles. The molecule has 0 atom stereocenters. The van der Waals surface area contributed by atoms with Crippen LogP contribution in [0.1, 0.15) is 0 Å². The van der Waals surface area contributed by atoms with Gasteiger partial charge in [0, 0.05) is 6.07 Å². The summed E-state index contributed by atoms with van der Waals surface area (Å²) in [5.74, 6) is 0.237. The van der Waals surface area contributed by atoms with Crippen molar-refractivity contribution in [2.24, 2.45) is 5.14 Å². The predicted molar refractivity (Wildman–Crippen MR) is 58.5 cm³/mol. The third-order valence-corrected chi connectivity index (χ3v) is 4.82. The van der Waals surface area contributed by atoms with E-state index < -0.39 is 34.7 Å². The van der Waals surface area contributed by atoms with Crippen LogP contribution in [0.3, 0.4) is 0 Å². The number of hydrogen-bond acceptors (Lipinski definition) is 5. The highest BCUT2D eigenvalue weighted by Crippen LogP contribution is 2.28. The molecule has 2 N–H and O–H groups in total. The van der Waals surface area contributed by atoms with Crippen LogP contribution in [0.5, 0.6) is 5.75 Å². The van der Waals surface area contributed by atoms with E-state index in [9.17, 15) is 14.6 Å². The fourth-order valence-electron chi connectivity index (χ4n) is 0.956. The molecule has 6 nitrogen and oxygen atoms in total. The van der Waals surface area contributed by atoms with E-state index >= 15 is 0 Å². The van der Waals surface area contributed by atoms with Gasteiger partial charge < -0.3 is 4.74 Å². The molecule has 84 valence electrons. The second-order valence-corrected chi connectivity index (χ2v) is 6.49. The van der Waals surface area contributed by atoms with Gasteiger partial charge in [-0.15, -0.1) is 0 Å². The van der Waals surface area contributed by atoms with Crippen molar-refractivity contribution < 1.29 is 19.3 Å². The van der Waals surface area contributed by atoms with Gasteiger partial charge in [-0.3, -0.25) is 0 Å². The minimum atomic E-state index is -4.05. The van der Waals surface area contributed by atoms with Crippen molar-refractivity contribution in [2.45, 2.75) is 4.90 Å². The lowest BCUT2D eigenvalue weighted by atomic mass is 10.3. The van der Waals surface area contributed by atoms with E-state index in [4.69, 9.17) is 9.88 Å². The Labute approximate surface area is 93.6 Å². The zero-order valence-corrected chi connectivity index (χ0v) is 10.6. The molecule has 0 fully saturated rings. The van der Waals surface area contributed by atoms with Crippen LogP contribution in [-0.2, 0) is 16.2 Å². The molecule has 1 rings (SSSR count). The van der Waals surface area contributed by atoms with Crippen LogP contribution in [0.15, 0.2) is 23.1 Å². The fourth-order valence-corrected chi connectivity index (χ4v) is 3.98. The molecule has 0 amide bonds. The summed E-state index contributed by atoms with van der Waals surface area (Å²) < 4.78 is 48.4. The molecule has 0 saturated carbocycles. The second kappa shape index (κ2) is 4.41. The van der Waals surface area contributed by atoms with Gasteiger partial charge in [0.2, 0.25) is 10.0 Å². The number of benzene rings is 1. The molecule has 0 aliphatic carbocycles. The molecule has 0 aromatic heterocycles. The lowest BCUT2D eigenvalue weighted by molar-refractivity contribution is 0.413. The van der Waals surface area contributed by atoms with Gasteiger partial charge in [-0.25, -0.2) is 19.7 Å². The van der Waals surface area contributed by atoms with Gasteiger partial charge in [0.15, 0.2) is 0 Å². The smallest absolute Gasteiger partial charge is 0.342 e. The van der Waals surface area contributed by atoms with Crippen molar-refractivity contribution in [1.82, 2.24) is 0 Å². The van der Waals surface area contributed by atoms with Crippen molar-refractivity contribution in [3.63, 3.8) is 0 Å². The summed E-state index contributed by atoms with van der Waals surface area (Å²) in [5, 5.41) is 4.88. The number of ether oxygens (including phenoxy) is 1. The first-order valence-electron chi connectivity index (χ1n) is 3.62. The summed E-state index contributed by atoms with van der Waals surface area (Å²) in [6.45, 7) is 0. The molecule has 1 aromatic rings. The molecule has 0 spiro atoms. The third-order valence-electron chi connectivity index (χ3n) is 1.61. The second-order valence-electron chi connectivity index (χ2n) is 2.56. The number of methoxy groups -OCH3 is 1. The molecular weight excluding hydrogens is 337 g/mol. The normalized spacial score (nSPS) is 11.7. The molecule has 0 aliphatic rings. The van der Waals surface area contributed by atoms with Crippen molar-refractivity contribution in [1.29, 1.82) is 0 Å². The average Bonchev–Trinajstić information content (AvgIpc) is 2.15. The van der Waals surface area contributed by atoms with Gasteiger partial charge in [-0.05, 0) is 12.1 Å². The van der Waals surface area contributed by atoms with Gasteiger partial charge in [0.1, 0.15) is 10.6 Å².